The summed E-state index contributed by atoms with van der Waals surface area (Å²) in [6.45, 7) is 3.80. The van der Waals surface area contributed by atoms with Crippen LogP contribution in [0.15, 0.2) is 66.6 Å². The molecular weight excluding hydrogens is 348 g/mol. The summed E-state index contributed by atoms with van der Waals surface area (Å²) in [5.74, 6) is 0. The van der Waals surface area contributed by atoms with Crippen LogP contribution < -0.4 is 4.72 Å². The lowest BCUT2D eigenvalue weighted by atomic mass is 10.1. The van der Waals surface area contributed by atoms with Gasteiger partial charge in [-0.2, -0.15) is 5.10 Å². The highest BCUT2D eigenvalue weighted by atomic mass is 32.2. The molecule has 26 heavy (non-hydrogen) atoms. The van der Waals surface area contributed by atoms with Gasteiger partial charge in [-0.25, -0.2) is 22.8 Å². The van der Waals surface area contributed by atoms with Crippen LogP contribution in [0.3, 0.4) is 0 Å². The molecule has 0 amide bonds. The maximum Gasteiger partial charge on any atom is 0.234 e. The SMILES string of the molecule is Cc1ccc(/C=C/S(=O)(=O)N[C@H](C)c2ccc(-n3cncn3)cc2)cc1. The molecule has 2 aromatic carbocycles. The lowest BCUT2D eigenvalue weighted by molar-refractivity contribution is 0.576. The molecule has 0 aliphatic heterocycles. The van der Waals surface area contributed by atoms with Gasteiger partial charge >= 0.3 is 0 Å². The van der Waals surface area contributed by atoms with Crippen LogP contribution in [-0.2, 0) is 10.0 Å². The molecule has 0 saturated carbocycles. The number of rotatable bonds is 6. The smallest absolute Gasteiger partial charge is 0.223 e. The zero-order valence-electron chi connectivity index (χ0n) is 14.6. The van der Waals surface area contributed by atoms with Gasteiger partial charge in [-0.15, -0.1) is 0 Å². The molecule has 0 fully saturated rings. The van der Waals surface area contributed by atoms with E-state index in [0.717, 1.165) is 22.4 Å². The summed E-state index contributed by atoms with van der Waals surface area (Å²) in [4.78, 5) is 3.91. The second kappa shape index (κ2) is 7.63. The summed E-state index contributed by atoms with van der Waals surface area (Å²) in [5.41, 5.74) is 3.69. The van der Waals surface area contributed by atoms with Gasteiger partial charge in [-0.05, 0) is 43.2 Å². The Bertz CT molecular complexity index is 977. The van der Waals surface area contributed by atoms with Gasteiger partial charge in [0.25, 0.3) is 0 Å². The summed E-state index contributed by atoms with van der Waals surface area (Å²) >= 11 is 0. The number of nitrogens with zero attached hydrogens (tertiary/aromatic N) is 3. The molecule has 1 aromatic heterocycles. The van der Waals surface area contributed by atoms with Crippen molar-refractivity contribution in [3.8, 4) is 5.69 Å². The monoisotopic (exact) mass is 368 g/mol. The van der Waals surface area contributed by atoms with Crippen LogP contribution >= 0.6 is 0 Å². The Balaban J connectivity index is 1.68. The largest absolute Gasteiger partial charge is 0.234 e. The number of aromatic nitrogens is 3. The van der Waals surface area contributed by atoms with E-state index in [1.165, 1.54) is 11.7 Å². The Hall–Kier alpha value is -2.77. The van der Waals surface area contributed by atoms with E-state index in [4.69, 9.17) is 0 Å². The van der Waals surface area contributed by atoms with Crippen LogP contribution in [0, 0.1) is 6.92 Å². The summed E-state index contributed by atoms with van der Waals surface area (Å²) in [6, 6.07) is 14.8. The number of aryl methyl sites for hydroxylation is 1. The van der Waals surface area contributed by atoms with E-state index in [-0.39, 0.29) is 6.04 Å². The second-order valence-corrected chi connectivity index (χ2v) is 7.63. The molecular formula is C19H20N4O2S. The minimum absolute atomic E-state index is 0.354. The van der Waals surface area contributed by atoms with Crippen molar-refractivity contribution in [2.24, 2.45) is 0 Å². The van der Waals surface area contributed by atoms with E-state index in [9.17, 15) is 8.42 Å². The number of hydrogen-bond donors (Lipinski definition) is 1. The molecule has 134 valence electrons. The zero-order valence-corrected chi connectivity index (χ0v) is 15.4. The Morgan fingerprint density at radius 3 is 2.38 bits per heavy atom. The van der Waals surface area contributed by atoms with E-state index in [1.54, 1.807) is 17.1 Å². The predicted octanol–water partition coefficient (Wildman–Crippen LogP) is 3.23. The average molecular weight is 368 g/mol. The van der Waals surface area contributed by atoms with Crippen LogP contribution in [0.4, 0.5) is 0 Å². The third-order valence-electron chi connectivity index (χ3n) is 3.93. The average Bonchev–Trinajstić information content (AvgIpc) is 3.16. The van der Waals surface area contributed by atoms with Crippen LogP contribution in [0.2, 0.25) is 0 Å². The minimum atomic E-state index is -3.55. The van der Waals surface area contributed by atoms with Gasteiger partial charge < -0.3 is 0 Å². The van der Waals surface area contributed by atoms with E-state index in [1.807, 2.05) is 62.4 Å². The fourth-order valence-electron chi connectivity index (χ4n) is 2.46. The summed E-state index contributed by atoms with van der Waals surface area (Å²) in [6.07, 6.45) is 4.66. The van der Waals surface area contributed by atoms with Crippen molar-refractivity contribution in [1.29, 1.82) is 0 Å². The summed E-state index contributed by atoms with van der Waals surface area (Å²) < 4.78 is 28.9. The molecule has 1 N–H and O–H groups in total. The van der Waals surface area contributed by atoms with Crippen LogP contribution in [0.1, 0.15) is 29.7 Å². The molecule has 7 heteroatoms. The van der Waals surface area contributed by atoms with Gasteiger partial charge in [0.15, 0.2) is 0 Å². The number of sulfonamides is 1. The Morgan fingerprint density at radius 1 is 1.08 bits per heavy atom. The Kier molecular flexibility index (Phi) is 5.29. The Morgan fingerprint density at radius 2 is 1.77 bits per heavy atom. The summed E-state index contributed by atoms with van der Waals surface area (Å²) in [7, 11) is -3.55. The predicted molar refractivity (Wildman–Crippen MR) is 102 cm³/mol. The molecule has 0 spiro atoms. The van der Waals surface area contributed by atoms with Gasteiger partial charge in [0, 0.05) is 11.4 Å². The third-order valence-corrected chi connectivity index (χ3v) is 5.11. The number of benzene rings is 2. The zero-order chi connectivity index (χ0) is 18.6. The van der Waals surface area contributed by atoms with E-state index < -0.39 is 10.0 Å². The van der Waals surface area contributed by atoms with E-state index in [2.05, 4.69) is 14.8 Å². The minimum Gasteiger partial charge on any atom is -0.223 e. The normalized spacial score (nSPS) is 13.2. The topological polar surface area (TPSA) is 76.9 Å². The molecule has 3 rings (SSSR count). The highest BCUT2D eigenvalue weighted by Gasteiger charge is 2.13. The molecule has 3 aromatic rings. The summed E-state index contributed by atoms with van der Waals surface area (Å²) in [5, 5.41) is 5.26. The van der Waals surface area contributed by atoms with Gasteiger partial charge in [0.1, 0.15) is 12.7 Å². The molecule has 6 nitrogen and oxygen atoms in total. The first-order valence-corrected chi connectivity index (χ1v) is 9.70. The van der Waals surface area contributed by atoms with Crippen molar-refractivity contribution in [2.75, 3.05) is 0 Å². The molecule has 0 bridgehead atoms. The maximum atomic E-state index is 12.3. The molecule has 0 aliphatic carbocycles. The lowest BCUT2D eigenvalue weighted by Gasteiger charge is -2.13. The van der Waals surface area contributed by atoms with E-state index >= 15 is 0 Å². The fourth-order valence-corrected chi connectivity index (χ4v) is 3.50. The van der Waals surface area contributed by atoms with E-state index in [0.29, 0.717) is 0 Å². The quantitative estimate of drug-likeness (QED) is 0.725. The first-order valence-electron chi connectivity index (χ1n) is 8.15. The fraction of sp³-hybridized carbons (Fsp3) is 0.158. The van der Waals surface area contributed by atoms with Crippen LogP contribution in [-0.4, -0.2) is 23.2 Å². The molecule has 0 radical (unpaired) electrons. The molecule has 0 aliphatic rings. The number of hydrogen-bond acceptors (Lipinski definition) is 4. The first-order chi connectivity index (χ1) is 12.4. The van der Waals surface area contributed by atoms with Crippen molar-refractivity contribution < 1.29 is 8.42 Å². The van der Waals surface area contributed by atoms with Crippen molar-refractivity contribution in [1.82, 2.24) is 19.5 Å². The molecule has 0 unspecified atom stereocenters. The standard InChI is InChI=1S/C19H20N4O2S/c1-15-3-5-17(6-4-15)11-12-26(24,25)22-16(2)18-7-9-19(10-8-18)23-14-20-13-21-23/h3-14,16,22H,1-2H3/b12-11+/t16-/m1/s1. The Labute approximate surface area is 153 Å². The maximum absolute atomic E-state index is 12.3. The van der Waals surface area contributed by atoms with Gasteiger partial charge in [0.2, 0.25) is 10.0 Å². The highest BCUT2D eigenvalue weighted by molar-refractivity contribution is 7.92. The van der Waals surface area contributed by atoms with Crippen molar-refractivity contribution in [3.05, 3.63) is 83.3 Å². The van der Waals surface area contributed by atoms with Gasteiger partial charge in [-0.1, -0.05) is 42.0 Å². The van der Waals surface area contributed by atoms with Gasteiger partial charge in [-0.3, -0.25) is 0 Å². The second-order valence-electron chi connectivity index (χ2n) is 6.03. The van der Waals surface area contributed by atoms with Crippen LogP contribution in [0.25, 0.3) is 11.8 Å². The molecule has 1 atom stereocenters. The lowest BCUT2D eigenvalue weighted by Crippen LogP contribution is -2.24. The van der Waals surface area contributed by atoms with Crippen molar-refractivity contribution in [2.45, 2.75) is 19.9 Å². The van der Waals surface area contributed by atoms with Gasteiger partial charge in [0.05, 0.1) is 5.69 Å². The third kappa shape index (κ3) is 4.65. The first kappa shape index (κ1) is 18.0. The van der Waals surface area contributed by atoms with Crippen molar-refractivity contribution in [3.63, 3.8) is 0 Å². The molecule has 1 heterocycles. The number of nitrogens with one attached hydrogen (secondary N) is 1. The van der Waals surface area contributed by atoms with Crippen LogP contribution in [0.5, 0.6) is 0 Å². The molecule has 0 saturated heterocycles. The van der Waals surface area contributed by atoms with Crippen molar-refractivity contribution >= 4 is 16.1 Å². The highest BCUT2D eigenvalue weighted by Crippen LogP contribution is 2.16.